The summed E-state index contributed by atoms with van der Waals surface area (Å²) < 4.78 is 26.6. The van der Waals surface area contributed by atoms with Crippen LogP contribution in [-0.2, 0) is 13.5 Å². The monoisotopic (exact) mass is 225 g/mol. The number of nitrogens with two attached hydrogens (primary N) is 1. The minimum absolute atomic E-state index is 0.167. The Bertz CT molecular complexity index is 493. The average Bonchev–Trinajstić information content (AvgIpc) is 2.57. The van der Waals surface area contributed by atoms with Crippen LogP contribution in [0.2, 0.25) is 0 Å². The van der Waals surface area contributed by atoms with Crippen molar-refractivity contribution in [1.82, 2.24) is 9.55 Å². The Balaban J connectivity index is 2.38. The number of pyridine rings is 1. The molecule has 16 heavy (non-hydrogen) atoms. The average molecular weight is 225 g/mol. The number of fused-ring (bicyclic) bond motifs is 1. The van der Waals surface area contributed by atoms with Gasteiger partial charge in [-0.05, 0) is 24.1 Å². The normalized spacial score (nSPS) is 13.6. The van der Waals surface area contributed by atoms with Crippen LogP contribution in [0.1, 0.15) is 5.56 Å². The standard InChI is InChI=1S/C11H13F2N3/c1-16-6-7(5-9(14)10(12)13)8-3-2-4-15-11(8)16/h2-4,6,9-10H,5,14H2,1H3. The summed E-state index contributed by atoms with van der Waals surface area (Å²) in [7, 11) is 1.84. The smallest absolute Gasteiger partial charge is 0.253 e. The van der Waals surface area contributed by atoms with Crippen LogP contribution in [0.5, 0.6) is 0 Å². The molecule has 0 amide bonds. The topological polar surface area (TPSA) is 43.8 Å². The summed E-state index contributed by atoms with van der Waals surface area (Å²) in [5.74, 6) is 0. The third-order valence-electron chi connectivity index (χ3n) is 2.60. The van der Waals surface area contributed by atoms with Crippen LogP contribution >= 0.6 is 0 Å². The van der Waals surface area contributed by atoms with Gasteiger partial charge in [-0.3, -0.25) is 0 Å². The molecule has 0 aliphatic heterocycles. The first-order chi connectivity index (χ1) is 7.59. The summed E-state index contributed by atoms with van der Waals surface area (Å²) in [6, 6.07) is 2.54. The highest BCUT2D eigenvalue weighted by Crippen LogP contribution is 2.20. The van der Waals surface area contributed by atoms with Crippen molar-refractivity contribution in [3.63, 3.8) is 0 Å². The fraction of sp³-hybridized carbons (Fsp3) is 0.364. The Morgan fingerprint density at radius 3 is 2.94 bits per heavy atom. The van der Waals surface area contributed by atoms with Gasteiger partial charge in [0.2, 0.25) is 0 Å². The van der Waals surface area contributed by atoms with E-state index in [0.29, 0.717) is 0 Å². The van der Waals surface area contributed by atoms with Gasteiger partial charge in [0, 0.05) is 24.8 Å². The van der Waals surface area contributed by atoms with Crippen molar-refractivity contribution in [3.05, 3.63) is 30.1 Å². The van der Waals surface area contributed by atoms with E-state index in [9.17, 15) is 8.78 Å². The number of hydrogen-bond donors (Lipinski definition) is 1. The molecule has 2 heterocycles. The zero-order valence-electron chi connectivity index (χ0n) is 8.90. The van der Waals surface area contributed by atoms with E-state index >= 15 is 0 Å². The lowest BCUT2D eigenvalue weighted by Gasteiger charge is -2.08. The van der Waals surface area contributed by atoms with Gasteiger partial charge < -0.3 is 10.3 Å². The second-order valence-corrected chi connectivity index (χ2v) is 3.84. The molecule has 0 radical (unpaired) electrons. The molecule has 86 valence electrons. The van der Waals surface area contributed by atoms with Crippen LogP contribution in [0.3, 0.4) is 0 Å². The van der Waals surface area contributed by atoms with Crippen molar-refractivity contribution in [1.29, 1.82) is 0 Å². The lowest BCUT2D eigenvalue weighted by molar-refractivity contribution is 0.116. The molecule has 0 aliphatic rings. The predicted octanol–water partition coefficient (Wildman–Crippen LogP) is 1.71. The molecule has 0 bridgehead atoms. The van der Waals surface area contributed by atoms with Gasteiger partial charge in [-0.15, -0.1) is 0 Å². The largest absolute Gasteiger partial charge is 0.335 e. The van der Waals surface area contributed by atoms with Gasteiger partial charge >= 0.3 is 0 Å². The molecule has 2 aromatic rings. The minimum Gasteiger partial charge on any atom is -0.335 e. The van der Waals surface area contributed by atoms with Gasteiger partial charge in [0.25, 0.3) is 6.43 Å². The lowest BCUT2D eigenvalue weighted by atomic mass is 10.1. The first kappa shape index (κ1) is 11.0. The van der Waals surface area contributed by atoms with Gasteiger partial charge in [-0.2, -0.15) is 0 Å². The van der Waals surface area contributed by atoms with E-state index in [0.717, 1.165) is 16.6 Å². The number of rotatable bonds is 3. The van der Waals surface area contributed by atoms with Crippen molar-refractivity contribution < 1.29 is 8.78 Å². The van der Waals surface area contributed by atoms with Crippen molar-refractivity contribution in [3.8, 4) is 0 Å². The molecule has 1 atom stereocenters. The Morgan fingerprint density at radius 1 is 1.50 bits per heavy atom. The molecule has 5 heteroatoms. The third kappa shape index (κ3) is 1.90. The first-order valence-electron chi connectivity index (χ1n) is 5.02. The SMILES string of the molecule is Cn1cc(CC(N)C(F)F)c2cccnc21. The molecule has 0 spiro atoms. The van der Waals surface area contributed by atoms with Gasteiger partial charge in [0.05, 0.1) is 6.04 Å². The second kappa shape index (κ2) is 4.17. The predicted molar refractivity (Wildman–Crippen MR) is 58.4 cm³/mol. The van der Waals surface area contributed by atoms with Gasteiger partial charge in [0.15, 0.2) is 0 Å². The number of aromatic nitrogens is 2. The molecule has 2 N–H and O–H groups in total. The molecular weight excluding hydrogens is 212 g/mol. The maximum Gasteiger partial charge on any atom is 0.253 e. The lowest BCUT2D eigenvalue weighted by Crippen LogP contribution is -2.30. The fourth-order valence-electron chi connectivity index (χ4n) is 1.80. The maximum atomic E-state index is 12.4. The van der Waals surface area contributed by atoms with Crippen molar-refractivity contribution in [2.45, 2.75) is 18.9 Å². The zero-order valence-corrected chi connectivity index (χ0v) is 8.90. The minimum atomic E-state index is -2.49. The van der Waals surface area contributed by atoms with E-state index in [1.54, 1.807) is 18.5 Å². The molecule has 3 nitrogen and oxygen atoms in total. The third-order valence-corrected chi connectivity index (χ3v) is 2.60. The van der Waals surface area contributed by atoms with Crippen LogP contribution in [0, 0.1) is 0 Å². The zero-order chi connectivity index (χ0) is 11.7. The molecule has 2 aromatic heterocycles. The number of nitrogens with zero attached hydrogens (tertiary/aromatic N) is 2. The van der Waals surface area contributed by atoms with Crippen LogP contribution in [0.15, 0.2) is 24.5 Å². The summed E-state index contributed by atoms with van der Waals surface area (Å²) in [5, 5.41) is 0.890. The van der Waals surface area contributed by atoms with E-state index in [-0.39, 0.29) is 6.42 Å². The Hall–Kier alpha value is -1.49. The van der Waals surface area contributed by atoms with E-state index in [4.69, 9.17) is 5.73 Å². The van der Waals surface area contributed by atoms with E-state index in [2.05, 4.69) is 4.98 Å². The first-order valence-corrected chi connectivity index (χ1v) is 5.02. The number of hydrogen-bond acceptors (Lipinski definition) is 2. The molecule has 0 fully saturated rings. The Morgan fingerprint density at radius 2 is 2.25 bits per heavy atom. The summed E-state index contributed by atoms with van der Waals surface area (Å²) in [6.45, 7) is 0. The molecule has 0 saturated heterocycles. The van der Waals surface area contributed by atoms with Crippen LogP contribution in [-0.4, -0.2) is 22.0 Å². The number of alkyl halides is 2. The molecule has 0 saturated carbocycles. The Kier molecular flexibility index (Phi) is 2.87. The molecule has 1 unspecified atom stereocenters. The highest BCUT2D eigenvalue weighted by Gasteiger charge is 2.18. The number of aryl methyl sites for hydroxylation is 1. The van der Waals surface area contributed by atoms with E-state index in [1.165, 1.54) is 0 Å². The van der Waals surface area contributed by atoms with Crippen molar-refractivity contribution >= 4 is 11.0 Å². The van der Waals surface area contributed by atoms with Crippen LogP contribution in [0.4, 0.5) is 8.78 Å². The van der Waals surface area contributed by atoms with E-state index < -0.39 is 12.5 Å². The van der Waals surface area contributed by atoms with Crippen LogP contribution < -0.4 is 5.73 Å². The quantitative estimate of drug-likeness (QED) is 0.864. The second-order valence-electron chi connectivity index (χ2n) is 3.84. The van der Waals surface area contributed by atoms with Crippen molar-refractivity contribution in [2.24, 2.45) is 12.8 Å². The van der Waals surface area contributed by atoms with Crippen molar-refractivity contribution in [2.75, 3.05) is 0 Å². The molecular formula is C11H13F2N3. The van der Waals surface area contributed by atoms with Gasteiger partial charge in [-0.1, -0.05) is 0 Å². The molecule has 2 rings (SSSR count). The summed E-state index contributed by atoms with van der Waals surface area (Å²) in [5.41, 5.74) is 6.98. The maximum absolute atomic E-state index is 12.4. The summed E-state index contributed by atoms with van der Waals surface area (Å²) in [4.78, 5) is 4.19. The molecule has 0 aromatic carbocycles. The van der Waals surface area contributed by atoms with Crippen LogP contribution in [0.25, 0.3) is 11.0 Å². The fourth-order valence-corrected chi connectivity index (χ4v) is 1.80. The van der Waals surface area contributed by atoms with Gasteiger partial charge in [0.1, 0.15) is 5.65 Å². The van der Waals surface area contributed by atoms with Gasteiger partial charge in [-0.25, -0.2) is 13.8 Å². The summed E-state index contributed by atoms with van der Waals surface area (Å²) >= 11 is 0. The number of halogens is 2. The Labute approximate surface area is 91.9 Å². The van der Waals surface area contributed by atoms with E-state index in [1.807, 2.05) is 17.7 Å². The molecule has 0 aliphatic carbocycles. The highest BCUT2D eigenvalue weighted by atomic mass is 19.3. The summed E-state index contributed by atoms with van der Waals surface area (Å²) in [6.07, 6.45) is 1.16. The highest BCUT2D eigenvalue weighted by molar-refractivity contribution is 5.80.